The Kier molecular flexibility index (Phi) is 5.94. The molecule has 2 aromatic heterocycles. The molecule has 0 saturated carbocycles. The minimum absolute atomic E-state index is 0.160. The number of carbonyl (C=O) groups excluding carboxylic acids is 1. The molecule has 2 aromatic carbocycles. The summed E-state index contributed by atoms with van der Waals surface area (Å²) in [6.45, 7) is 2.02. The van der Waals surface area contributed by atoms with Crippen molar-refractivity contribution in [2.24, 2.45) is 0 Å². The van der Waals surface area contributed by atoms with Gasteiger partial charge in [0.15, 0.2) is 5.16 Å². The monoisotopic (exact) mass is 441 g/mol. The maximum Gasteiger partial charge on any atom is 0.236 e. The van der Waals surface area contributed by atoms with Crippen LogP contribution < -0.4 is 5.32 Å². The van der Waals surface area contributed by atoms with Gasteiger partial charge in [-0.2, -0.15) is 0 Å². The summed E-state index contributed by atoms with van der Waals surface area (Å²) in [4.78, 5) is 19.8. The number of nitrogens with one attached hydrogen (secondary N) is 2. The average molecular weight is 442 g/mol. The third-order valence-corrected chi connectivity index (χ3v) is 6.11. The van der Waals surface area contributed by atoms with Gasteiger partial charge >= 0.3 is 0 Å². The van der Waals surface area contributed by atoms with E-state index in [2.05, 4.69) is 25.5 Å². The molecule has 0 aliphatic rings. The van der Waals surface area contributed by atoms with Gasteiger partial charge in [0.2, 0.25) is 11.0 Å². The number of halogens is 1. The molecule has 0 atom stereocenters. The molecule has 0 fully saturated rings. The van der Waals surface area contributed by atoms with Crippen molar-refractivity contribution in [1.29, 1.82) is 0 Å². The number of imidazole rings is 1. The number of aromatic nitrogens is 4. The van der Waals surface area contributed by atoms with E-state index in [0.29, 0.717) is 15.3 Å². The summed E-state index contributed by atoms with van der Waals surface area (Å²) in [5.41, 5.74) is 3.99. The molecule has 9 heteroatoms. The van der Waals surface area contributed by atoms with Crippen molar-refractivity contribution in [2.75, 3.05) is 11.1 Å². The molecular weight excluding hydrogens is 426 g/mol. The summed E-state index contributed by atoms with van der Waals surface area (Å²) >= 11 is 8.60. The summed E-state index contributed by atoms with van der Waals surface area (Å²) < 4.78 is 0. The fraction of sp³-hybridized carbons (Fsp3) is 0.100. The Morgan fingerprint density at radius 1 is 1.17 bits per heavy atom. The first-order valence-electron chi connectivity index (χ1n) is 8.71. The molecule has 6 nitrogen and oxygen atoms in total. The Balaban J connectivity index is 1.34. The Morgan fingerprint density at radius 3 is 2.76 bits per heavy atom. The fourth-order valence-corrected chi connectivity index (χ4v) is 4.26. The van der Waals surface area contributed by atoms with Crippen LogP contribution in [0.4, 0.5) is 5.13 Å². The van der Waals surface area contributed by atoms with E-state index in [9.17, 15) is 4.79 Å². The third-order valence-electron chi connectivity index (χ3n) is 4.09. The molecule has 0 radical (unpaired) electrons. The van der Waals surface area contributed by atoms with Crippen LogP contribution in [0.5, 0.6) is 0 Å². The van der Waals surface area contributed by atoms with E-state index in [0.717, 1.165) is 27.4 Å². The third kappa shape index (κ3) is 4.84. The maximum atomic E-state index is 12.3. The second kappa shape index (κ2) is 8.77. The van der Waals surface area contributed by atoms with E-state index in [-0.39, 0.29) is 11.7 Å². The summed E-state index contributed by atoms with van der Waals surface area (Å²) in [6.07, 6.45) is 1.74. The van der Waals surface area contributed by atoms with E-state index >= 15 is 0 Å². The second-order valence-electron chi connectivity index (χ2n) is 6.17. The Morgan fingerprint density at radius 2 is 1.97 bits per heavy atom. The number of hydrogen-bond donors (Lipinski definition) is 2. The smallest absolute Gasteiger partial charge is 0.236 e. The molecule has 29 heavy (non-hydrogen) atoms. The first kappa shape index (κ1) is 19.6. The zero-order valence-corrected chi connectivity index (χ0v) is 17.7. The molecule has 2 heterocycles. The molecule has 0 saturated heterocycles. The van der Waals surface area contributed by atoms with Crippen LogP contribution >= 0.6 is 34.7 Å². The van der Waals surface area contributed by atoms with Crippen LogP contribution in [0.25, 0.3) is 21.8 Å². The highest BCUT2D eigenvalue weighted by molar-refractivity contribution is 7.99. The Bertz CT molecular complexity index is 1140. The molecule has 0 spiro atoms. The predicted molar refractivity (Wildman–Crippen MR) is 118 cm³/mol. The lowest BCUT2D eigenvalue weighted by Gasteiger charge is -2.00. The van der Waals surface area contributed by atoms with E-state index in [1.54, 1.807) is 6.20 Å². The highest BCUT2D eigenvalue weighted by atomic mass is 35.5. The van der Waals surface area contributed by atoms with Crippen molar-refractivity contribution in [3.63, 3.8) is 0 Å². The van der Waals surface area contributed by atoms with E-state index < -0.39 is 0 Å². The Labute approximate surface area is 180 Å². The summed E-state index contributed by atoms with van der Waals surface area (Å²) in [6, 6.07) is 15.4. The SMILES string of the molecule is Cc1ccccc1-c1nnc(NC(=O)CSc2ncc(-c3ccc(Cl)cc3)[nH]2)s1. The molecule has 0 unspecified atom stereocenters. The number of carbonyl (C=O) groups is 1. The molecule has 2 N–H and O–H groups in total. The second-order valence-corrected chi connectivity index (χ2v) is 8.55. The number of aromatic amines is 1. The zero-order chi connectivity index (χ0) is 20.2. The lowest BCUT2D eigenvalue weighted by molar-refractivity contribution is -0.113. The van der Waals surface area contributed by atoms with Crippen molar-refractivity contribution in [2.45, 2.75) is 12.1 Å². The van der Waals surface area contributed by atoms with Crippen LogP contribution in [-0.2, 0) is 4.79 Å². The minimum Gasteiger partial charge on any atom is -0.333 e. The maximum absolute atomic E-state index is 12.3. The number of nitrogens with zero attached hydrogens (tertiary/aromatic N) is 3. The number of thioether (sulfide) groups is 1. The van der Waals surface area contributed by atoms with Crippen molar-refractivity contribution < 1.29 is 4.79 Å². The van der Waals surface area contributed by atoms with E-state index in [1.165, 1.54) is 23.1 Å². The van der Waals surface area contributed by atoms with Crippen LogP contribution in [0.15, 0.2) is 59.9 Å². The van der Waals surface area contributed by atoms with Gasteiger partial charge in [-0.15, -0.1) is 10.2 Å². The molecule has 0 aliphatic carbocycles. The van der Waals surface area contributed by atoms with Crippen molar-refractivity contribution >= 4 is 45.7 Å². The van der Waals surface area contributed by atoms with E-state index in [1.807, 2.05) is 55.5 Å². The lowest BCUT2D eigenvalue weighted by atomic mass is 10.1. The van der Waals surface area contributed by atoms with Gasteiger partial charge in [0.25, 0.3) is 0 Å². The van der Waals surface area contributed by atoms with Gasteiger partial charge in [-0.1, -0.05) is 71.1 Å². The first-order valence-corrected chi connectivity index (χ1v) is 10.9. The number of anilines is 1. The predicted octanol–water partition coefficient (Wildman–Crippen LogP) is 5.29. The number of benzene rings is 2. The van der Waals surface area contributed by atoms with Crippen molar-refractivity contribution in [3.05, 3.63) is 65.3 Å². The first-order chi connectivity index (χ1) is 14.1. The summed E-state index contributed by atoms with van der Waals surface area (Å²) in [7, 11) is 0. The van der Waals surface area contributed by atoms with Gasteiger partial charge in [-0.25, -0.2) is 4.98 Å². The fourth-order valence-electron chi connectivity index (χ4n) is 2.64. The van der Waals surface area contributed by atoms with Gasteiger partial charge in [0.05, 0.1) is 17.6 Å². The largest absolute Gasteiger partial charge is 0.333 e. The average Bonchev–Trinajstić information content (AvgIpc) is 3.37. The highest BCUT2D eigenvalue weighted by Gasteiger charge is 2.12. The van der Waals surface area contributed by atoms with Crippen LogP contribution in [-0.4, -0.2) is 31.8 Å². The number of H-pyrrole nitrogens is 1. The molecule has 0 bridgehead atoms. The standard InChI is InChI=1S/C20H16ClN5OS2/c1-12-4-2-3-5-15(12)18-25-26-20(29-18)24-17(27)11-28-19-22-10-16(23-19)13-6-8-14(21)9-7-13/h2-10H,11H2,1H3,(H,22,23)(H,24,26,27). The van der Waals surface area contributed by atoms with Gasteiger partial charge in [-0.05, 0) is 30.2 Å². The van der Waals surface area contributed by atoms with Crippen LogP contribution in [0.3, 0.4) is 0 Å². The van der Waals surface area contributed by atoms with Crippen LogP contribution in [0.2, 0.25) is 5.02 Å². The highest BCUT2D eigenvalue weighted by Crippen LogP contribution is 2.29. The summed E-state index contributed by atoms with van der Waals surface area (Å²) in [5, 5.41) is 13.7. The number of rotatable bonds is 6. The van der Waals surface area contributed by atoms with Gasteiger partial charge in [0.1, 0.15) is 5.01 Å². The minimum atomic E-state index is -0.160. The zero-order valence-electron chi connectivity index (χ0n) is 15.3. The molecular formula is C20H16ClN5OS2. The number of hydrogen-bond acceptors (Lipinski definition) is 6. The number of amides is 1. The van der Waals surface area contributed by atoms with Gasteiger partial charge in [0, 0.05) is 10.6 Å². The quantitative estimate of drug-likeness (QED) is 0.397. The molecule has 146 valence electrons. The Hall–Kier alpha value is -2.68. The van der Waals surface area contributed by atoms with E-state index in [4.69, 9.17) is 11.6 Å². The summed E-state index contributed by atoms with van der Waals surface area (Å²) in [5.74, 6) is 0.0549. The van der Waals surface area contributed by atoms with Crippen LogP contribution in [0, 0.1) is 6.92 Å². The lowest BCUT2D eigenvalue weighted by Crippen LogP contribution is -2.13. The molecule has 0 aliphatic heterocycles. The van der Waals surface area contributed by atoms with Crippen molar-refractivity contribution in [1.82, 2.24) is 20.2 Å². The normalized spacial score (nSPS) is 10.8. The van der Waals surface area contributed by atoms with Gasteiger partial charge in [-0.3, -0.25) is 10.1 Å². The molecule has 4 aromatic rings. The topological polar surface area (TPSA) is 83.6 Å². The van der Waals surface area contributed by atoms with Crippen LogP contribution in [0.1, 0.15) is 5.56 Å². The van der Waals surface area contributed by atoms with Crippen molar-refractivity contribution in [3.8, 4) is 21.8 Å². The molecule has 4 rings (SSSR count). The number of aryl methyl sites for hydroxylation is 1. The van der Waals surface area contributed by atoms with Gasteiger partial charge < -0.3 is 4.98 Å². The molecule has 1 amide bonds.